The molecule has 138 valence electrons. The summed E-state index contributed by atoms with van der Waals surface area (Å²) in [6.07, 6.45) is 4.00. The Morgan fingerprint density at radius 2 is 1.85 bits per heavy atom. The van der Waals surface area contributed by atoms with Crippen LogP contribution in [0.5, 0.6) is 11.5 Å². The third kappa shape index (κ3) is 3.51. The van der Waals surface area contributed by atoms with Crippen LogP contribution < -0.4 is 19.7 Å². The minimum Gasteiger partial charge on any atom is -0.493 e. The monoisotopic (exact) mass is 362 g/mol. The molecule has 6 nitrogen and oxygen atoms in total. The maximum absolute atomic E-state index is 5.36. The van der Waals surface area contributed by atoms with E-state index in [1.165, 1.54) is 11.3 Å². The van der Waals surface area contributed by atoms with E-state index >= 15 is 0 Å². The quantitative estimate of drug-likeness (QED) is 0.729. The fourth-order valence-electron chi connectivity index (χ4n) is 3.37. The number of benzene rings is 2. The summed E-state index contributed by atoms with van der Waals surface area (Å²) in [6.45, 7) is 0.948. The Kier molecular flexibility index (Phi) is 4.78. The molecule has 4 rings (SSSR count). The van der Waals surface area contributed by atoms with Crippen molar-refractivity contribution in [2.45, 2.75) is 12.8 Å². The van der Waals surface area contributed by atoms with Crippen LogP contribution in [0, 0.1) is 0 Å². The summed E-state index contributed by atoms with van der Waals surface area (Å²) in [5, 5.41) is 3.25. The van der Waals surface area contributed by atoms with Gasteiger partial charge in [0, 0.05) is 30.2 Å². The third-order valence-corrected chi connectivity index (χ3v) is 4.67. The van der Waals surface area contributed by atoms with Crippen LogP contribution in [0.15, 0.2) is 54.7 Å². The molecule has 1 aliphatic heterocycles. The van der Waals surface area contributed by atoms with Gasteiger partial charge in [0.1, 0.15) is 5.82 Å². The smallest absolute Gasteiger partial charge is 0.229 e. The summed E-state index contributed by atoms with van der Waals surface area (Å²) in [7, 11) is 3.24. The number of hydrogen-bond donors (Lipinski definition) is 1. The molecule has 0 unspecified atom stereocenters. The van der Waals surface area contributed by atoms with Crippen LogP contribution in [-0.4, -0.2) is 30.7 Å². The average molecular weight is 362 g/mol. The minimum atomic E-state index is 0.544. The van der Waals surface area contributed by atoms with Crippen molar-refractivity contribution in [1.82, 2.24) is 9.97 Å². The highest BCUT2D eigenvalue weighted by atomic mass is 16.5. The molecule has 1 aromatic heterocycles. The SMILES string of the molecule is COc1ccc(Nc2nccc(N3CCCc4ccccc43)n2)cc1OC. The van der Waals surface area contributed by atoms with Crippen LogP contribution in [0.1, 0.15) is 12.0 Å². The summed E-state index contributed by atoms with van der Waals surface area (Å²) >= 11 is 0. The van der Waals surface area contributed by atoms with Crippen molar-refractivity contribution in [2.75, 3.05) is 31.0 Å². The number of rotatable bonds is 5. The molecule has 0 amide bonds. The van der Waals surface area contributed by atoms with Crippen molar-refractivity contribution < 1.29 is 9.47 Å². The second-order valence-corrected chi connectivity index (χ2v) is 6.32. The van der Waals surface area contributed by atoms with E-state index < -0.39 is 0 Å². The molecular weight excluding hydrogens is 340 g/mol. The standard InChI is InChI=1S/C21H22N4O2/c1-26-18-10-9-16(14-19(18)27-2)23-21-22-12-11-20(24-21)25-13-5-7-15-6-3-4-8-17(15)25/h3-4,6,8-12,14H,5,7,13H2,1-2H3,(H,22,23,24). The van der Waals surface area contributed by atoms with Crippen molar-refractivity contribution in [3.8, 4) is 11.5 Å². The maximum Gasteiger partial charge on any atom is 0.229 e. The van der Waals surface area contributed by atoms with Crippen molar-refractivity contribution in [3.05, 3.63) is 60.3 Å². The lowest BCUT2D eigenvalue weighted by molar-refractivity contribution is 0.355. The molecule has 2 aromatic carbocycles. The second kappa shape index (κ2) is 7.53. The highest BCUT2D eigenvalue weighted by Crippen LogP contribution is 2.33. The zero-order chi connectivity index (χ0) is 18.6. The fourth-order valence-corrected chi connectivity index (χ4v) is 3.37. The van der Waals surface area contributed by atoms with Crippen LogP contribution >= 0.6 is 0 Å². The van der Waals surface area contributed by atoms with E-state index in [2.05, 4.69) is 39.5 Å². The van der Waals surface area contributed by atoms with Gasteiger partial charge in [-0.3, -0.25) is 0 Å². The first-order chi connectivity index (χ1) is 13.3. The number of ether oxygens (including phenoxy) is 2. The zero-order valence-electron chi connectivity index (χ0n) is 15.5. The molecule has 0 fully saturated rings. The van der Waals surface area contributed by atoms with Gasteiger partial charge in [-0.05, 0) is 42.7 Å². The minimum absolute atomic E-state index is 0.544. The van der Waals surface area contributed by atoms with E-state index in [9.17, 15) is 0 Å². The summed E-state index contributed by atoms with van der Waals surface area (Å²) < 4.78 is 10.6. The van der Waals surface area contributed by atoms with Gasteiger partial charge in [-0.2, -0.15) is 4.98 Å². The topological polar surface area (TPSA) is 59.5 Å². The Labute approximate surface area is 158 Å². The molecule has 0 bridgehead atoms. The van der Waals surface area contributed by atoms with E-state index in [1.807, 2.05) is 24.3 Å². The molecule has 1 aliphatic rings. The number of hydrogen-bond acceptors (Lipinski definition) is 6. The summed E-state index contributed by atoms with van der Waals surface area (Å²) in [6, 6.07) is 16.1. The Balaban J connectivity index is 1.61. The highest BCUT2D eigenvalue weighted by Gasteiger charge is 2.19. The molecule has 0 saturated heterocycles. The highest BCUT2D eigenvalue weighted by molar-refractivity contribution is 5.67. The van der Waals surface area contributed by atoms with Crippen LogP contribution in [0.3, 0.4) is 0 Å². The van der Waals surface area contributed by atoms with Crippen molar-refractivity contribution >= 4 is 23.1 Å². The van der Waals surface area contributed by atoms with Crippen molar-refractivity contribution in [1.29, 1.82) is 0 Å². The van der Waals surface area contributed by atoms with E-state index in [-0.39, 0.29) is 0 Å². The number of nitrogens with zero attached hydrogens (tertiary/aromatic N) is 3. The number of methoxy groups -OCH3 is 2. The number of anilines is 4. The normalized spacial score (nSPS) is 13.0. The molecule has 6 heteroatoms. The van der Waals surface area contributed by atoms with E-state index in [4.69, 9.17) is 14.5 Å². The first kappa shape index (κ1) is 17.1. The van der Waals surface area contributed by atoms with Gasteiger partial charge in [-0.15, -0.1) is 0 Å². The van der Waals surface area contributed by atoms with Gasteiger partial charge in [0.25, 0.3) is 0 Å². The number of aryl methyl sites for hydroxylation is 1. The summed E-state index contributed by atoms with van der Waals surface area (Å²) in [5.74, 6) is 2.77. The predicted octanol–water partition coefficient (Wildman–Crippen LogP) is 4.32. The van der Waals surface area contributed by atoms with E-state index in [0.717, 1.165) is 30.9 Å². The van der Waals surface area contributed by atoms with E-state index in [0.29, 0.717) is 17.4 Å². The first-order valence-corrected chi connectivity index (χ1v) is 8.96. The number of para-hydroxylation sites is 1. The van der Waals surface area contributed by atoms with Gasteiger partial charge >= 0.3 is 0 Å². The molecule has 0 saturated carbocycles. The molecule has 0 atom stereocenters. The molecule has 1 N–H and O–H groups in total. The fraction of sp³-hybridized carbons (Fsp3) is 0.238. The van der Waals surface area contributed by atoms with Crippen molar-refractivity contribution in [3.63, 3.8) is 0 Å². The molecule has 0 aliphatic carbocycles. The Hall–Kier alpha value is -3.28. The maximum atomic E-state index is 5.36. The van der Waals surface area contributed by atoms with E-state index in [1.54, 1.807) is 20.4 Å². The average Bonchev–Trinajstić information content (AvgIpc) is 2.73. The molecule has 0 radical (unpaired) electrons. The molecule has 3 aromatic rings. The molecular formula is C21H22N4O2. The van der Waals surface area contributed by atoms with Crippen molar-refractivity contribution in [2.24, 2.45) is 0 Å². The summed E-state index contributed by atoms with van der Waals surface area (Å²) in [4.78, 5) is 11.3. The van der Waals surface area contributed by atoms with Gasteiger partial charge < -0.3 is 19.7 Å². The van der Waals surface area contributed by atoms with Gasteiger partial charge in [0.05, 0.1) is 14.2 Å². The van der Waals surface area contributed by atoms with Gasteiger partial charge in [0.2, 0.25) is 5.95 Å². The summed E-state index contributed by atoms with van der Waals surface area (Å²) in [5.41, 5.74) is 3.42. The Bertz CT molecular complexity index is 945. The lowest BCUT2D eigenvalue weighted by atomic mass is 10.0. The zero-order valence-corrected chi connectivity index (χ0v) is 15.5. The lowest BCUT2D eigenvalue weighted by Gasteiger charge is -2.30. The van der Waals surface area contributed by atoms with Crippen LogP contribution in [0.25, 0.3) is 0 Å². The van der Waals surface area contributed by atoms with Crippen LogP contribution in [0.4, 0.5) is 23.1 Å². The van der Waals surface area contributed by atoms with Crippen LogP contribution in [-0.2, 0) is 6.42 Å². The molecule has 0 spiro atoms. The number of fused-ring (bicyclic) bond motifs is 1. The number of nitrogens with one attached hydrogen (secondary N) is 1. The molecule has 2 heterocycles. The van der Waals surface area contributed by atoms with Crippen LogP contribution in [0.2, 0.25) is 0 Å². The predicted molar refractivity (Wildman–Crippen MR) is 107 cm³/mol. The lowest BCUT2D eigenvalue weighted by Crippen LogP contribution is -2.25. The Morgan fingerprint density at radius 3 is 2.70 bits per heavy atom. The first-order valence-electron chi connectivity index (χ1n) is 8.96. The second-order valence-electron chi connectivity index (χ2n) is 6.32. The van der Waals surface area contributed by atoms with Gasteiger partial charge in [0.15, 0.2) is 11.5 Å². The molecule has 27 heavy (non-hydrogen) atoms. The Morgan fingerprint density at radius 1 is 1.00 bits per heavy atom. The van der Waals surface area contributed by atoms with Gasteiger partial charge in [-0.1, -0.05) is 18.2 Å². The van der Waals surface area contributed by atoms with Gasteiger partial charge in [-0.25, -0.2) is 4.98 Å². The third-order valence-electron chi connectivity index (χ3n) is 4.67. The largest absolute Gasteiger partial charge is 0.493 e. The number of aromatic nitrogens is 2.